The fraction of sp³-hybridized carbons (Fsp3) is 0.750. The minimum atomic E-state index is -0.304. The Balaban J connectivity index is 2.73. The molecule has 1 aromatic rings. The Hall–Kier alpha value is -0.420. The molecule has 1 N–H and O–H groups in total. The second-order valence-corrected chi connectivity index (χ2v) is 4.12. The number of halogens is 1. The first-order chi connectivity index (χ1) is 6.02. The van der Waals surface area contributed by atoms with Gasteiger partial charge in [0.15, 0.2) is 4.60 Å². The molecule has 2 atom stereocenters. The highest BCUT2D eigenvalue weighted by molar-refractivity contribution is 9.10. The Morgan fingerprint density at radius 2 is 2.15 bits per heavy atom. The molecule has 0 spiro atoms. The number of hydrogen-bond donors (Lipinski definition) is 1. The summed E-state index contributed by atoms with van der Waals surface area (Å²) in [6.45, 7) is 3.80. The van der Waals surface area contributed by atoms with Crippen LogP contribution in [0.1, 0.15) is 19.5 Å². The van der Waals surface area contributed by atoms with Crippen LogP contribution in [0.5, 0.6) is 0 Å². The third kappa shape index (κ3) is 2.51. The lowest BCUT2D eigenvalue weighted by Crippen LogP contribution is -2.17. The molecule has 74 valence electrons. The lowest BCUT2D eigenvalue weighted by molar-refractivity contribution is 0.134. The number of hydrogen-bond acceptors (Lipinski definition) is 3. The monoisotopic (exact) mass is 247 g/mol. The van der Waals surface area contributed by atoms with E-state index >= 15 is 0 Å². The molecule has 0 saturated heterocycles. The van der Waals surface area contributed by atoms with E-state index in [0.29, 0.717) is 0 Å². The van der Waals surface area contributed by atoms with Crippen molar-refractivity contribution in [2.24, 2.45) is 13.0 Å². The van der Waals surface area contributed by atoms with E-state index < -0.39 is 0 Å². The number of aryl methyl sites for hydroxylation is 1. The van der Waals surface area contributed by atoms with Crippen molar-refractivity contribution in [3.8, 4) is 0 Å². The largest absolute Gasteiger partial charge is 0.393 e. The van der Waals surface area contributed by atoms with Gasteiger partial charge in [-0.2, -0.15) is 0 Å². The van der Waals surface area contributed by atoms with Gasteiger partial charge in [0.2, 0.25) is 0 Å². The van der Waals surface area contributed by atoms with Crippen LogP contribution in [-0.4, -0.2) is 26.2 Å². The van der Waals surface area contributed by atoms with Gasteiger partial charge < -0.3 is 5.11 Å². The molecule has 0 saturated carbocycles. The van der Waals surface area contributed by atoms with Crippen molar-refractivity contribution in [1.82, 2.24) is 15.0 Å². The number of rotatable bonds is 3. The molecule has 0 aliphatic heterocycles. The van der Waals surface area contributed by atoms with E-state index in [2.05, 4.69) is 26.2 Å². The van der Waals surface area contributed by atoms with Crippen LogP contribution in [0.25, 0.3) is 0 Å². The van der Waals surface area contributed by atoms with E-state index in [-0.39, 0.29) is 12.0 Å². The van der Waals surface area contributed by atoms with Gasteiger partial charge in [0.05, 0.1) is 11.8 Å². The topological polar surface area (TPSA) is 50.9 Å². The average molecular weight is 248 g/mol. The van der Waals surface area contributed by atoms with Crippen molar-refractivity contribution in [2.45, 2.75) is 26.4 Å². The Kier molecular flexibility index (Phi) is 3.44. The summed E-state index contributed by atoms with van der Waals surface area (Å²) in [5.41, 5.74) is 1.02. The normalized spacial score (nSPS) is 15.8. The van der Waals surface area contributed by atoms with Crippen LogP contribution in [0.2, 0.25) is 0 Å². The van der Waals surface area contributed by atoms with Crippen molar-refractivity contribution in [3.63, 3.8) is 0 Å². The lowest BCUT2D eigenvalue weighted by Gasteiger charge is -2.13. The highest BCUT2D eigenvalue weighted by Crippen LogP contribution is 2.17. The first-order valence-corrected chi connectivity index (χ1v) is 5.03. The number of nitrogens with zero attached hydrogens (tertiary/aromatic N) is 3. The zero-order valence-corrected chi connectivity index (χ0v) is 9.61. The van der Waals surface area contributed by atoms with Crippen LogP contribution in [0.15, 0.2) is 4.60 Å². The van der Waals surface area contributed by atoms with E-state index in [9.17, 15) is 5.11 Å². The molecule has 0 fully saturated rings. The first kappa shape index (κ1) is 10.7. The second kappa shape index (κ2) is 4.19. The maximum absolute atomic E-state index is 9.34. The maximum atomic E-state index is 9.34. The van der Waals surface area contributed by atoms with Gasteiger partial charge in [0.25, 0.3) is 0 Å². The van der Waals surface area contributed by atoms with E-state index in [1.165, 1.54) is 0 Å². The summed E-state index contributed by atoms with van der Waals surface area (Å²) in [6, 6.07) is 0. The third-order valence-corrected chi connectivity index (χ3v) is 2.85. The predicted molar refractivity (Wildman–Crippen MR) is 53.3 cm³/mol. The molecule has 0 aliphatic rings. The summed E-state index contributed by atoms with van der Waals surface area (Å²) in [5.74, 6) is 0.216. The van der Waals surface area contributed by atoms with Crippen LogP contribution in [0, 0.1) is 5.92 Å². The zero-order chi connectivity index (χ0) is 10.0. The van der Waals surface area contributed by atoms with Crippen LogP contribution in [0.3, 0.4) is 0 Å². The third-order valence-electron chi connectivity index (χ3n) is 2.23. The molecule has 4 nitrogen and oxygen atoms in total. The fourth-order valence-electron chi connectivity index (χ4n) is 1.04. The van der Waals surface area contributed by atoms with Crippen molar-refractivity contribution >= 4 is 15.9 Å². The van der Waals surface area contributed by atoms with Crippen molar-refractivity contribution in [2.75, 3.05) is 0 Å². The second-order valence-electron chi connectivity index (χ2n) is 3.37. The summed E-state index contributed by atoms with van der Waals surface area (Å²) < 4.78 is 2.49. The predicted octanol–water partition coefficient (Wildman–Crippen LogP) is 1.14. The first-order valence-electron chi connectivity index (χ1n) is 4.24. The highest BCUT2D eigenvalue weighted by atomic mass is 79.9. The lowest BCUT2D eigenvalue weighted by atomic mass is 10.0. The SMILES string of the molecule is CC(O)C(C)Cc1c(Br)nnn1C. The highest BCUT2D eigenvalue weighted by Gasteiger charge is 2.15. The fourth-order valence-corrected chi connectivity index (χ4v) is 1.53. The number of aliphatic hydroxyl groups is 1. The molecule has 1 heterocycles. The van der Waals surface area contributed by atoms with Crippen LogP contribution >= 0.6 is 15.9 Å². The average Bonchev–Trinajstić information content (AvgIpc) is 2.35. The summed E-state index contributed by atoms with van der Waals surface area (Å²) in [5, 5.41) is 17.1. The molecular formula is C8H14BrN3O. The molecule has 0 radical (unpaired) electrons. The molecule has 0 bridgehead atoms. The van der Waals surface area contributed by atoms with Crippen molar-refractivity contribution < 1.29 is 5.11 Å². The number of aromatic nitrogens is 3. The smallest absolute Gasteiger partial charge is 0.151 e. The van der Waals surface area contributed by atoms with Gasteiger partial charge in [-0.1, -0.05) is 12.1 Å². The Morgan fingerprint density at radius 3 is 2.54 bits per heavy atom. The van der Waals surface area contributed by atoms with Crippen LogP contribution in [0.4, 0.5) is 0 Å². The number of aliphatic hydroxyl groups excluding tert-OH is 1. The molecule has 0 amide bonds. The van der Waals surface area contributed by atoms with E-state index in [4.69, 9.17) is 0 Å². The van der Waals surface area contributed by atoms with Gasteiger partial charge in [0.1, 0.15) is 0 Å². The van der Waals surface area contributed by atoms with Gasteiger partial charge in [-0.25, -0.2) is 0 Å². The molecule has 5 heteroatoms. The van der Waals surface area contributed by atoms with Gasteiger partial charge in [-0.3, -0.25) is 4.68 Å². The van der Waals surface area contributed by atoms with E-state index in [1.807, 2.05) is 14.0 Å². The molecule has 1 aromatic heterocycles. The van der Waals surface area contributed by atoms with Crippen LogP contribution in [-0.2, 0) is 13.5 Å². The standard InChI is InChI=1S/C8H14BrN3O/c1-5(6(2)13)4-7-8(9)10-11-12(7)3/h5-6,13H,4H2,1-3H3. The summed E-state index contributed by atoms with van der Waals surface area (Å²) >= 11 is 3.32. The molecule has 13 heavy (non-hydrogen) atoms. The van der Waals surface area contributed by atoms with Crippen LogP contribution < -0.4 is 0 Å². The summed E-state index contributed by atoms with van der Waals surface area (Å²) in [6.07, 6.45) is 0.476. The van der Waals surface area contributed by atoms with Crippen molar-refractivity contribution in [1.29, 1.82) is 0 Å². The molecule has 1 rings (SSSR count). The van der Waals surface area contributed by atoms with Gasteiger partial charge >= 0.3 is 0 Å². The molecule has 0 aromatic carbocycles. The Bertz CT molecular complexity index is 265. The minimum Gasteiger partial charge on any atom is -0.393 e. The van der Waals surface area contributed by atoms with E-state index in [1.54, 1.807) is 11.6 Å². The molecular weight excluding hydrogens is 234 g/mol. The quantitative estimate of drug-likeness (QED) is 0.872. The summed E-state index contributed by atoms with van der Waals surface area (Å²) in [4.78, 5) is 0. The van der Waals surface area contributed by atoms with Gasteiger partial charge in [-0.15, -0.1) is 5.10 Å². The molecule has 2 unspecified atom stereocenters. The molecule has 0 aliphatic carbocycles. The zero-order valence-electron chi connectivity index (χ0n) is 8.03. The maximum Gasteiger partial charge on any atom is 0.151 e. The Morgan fingerprint density at radius 1 is 1.54 bits per heavy atom. The Labute approximate surface area is 86.1 Å². The van der Waals surface area contributed by atoms with Crippen molar-refractivity contribution in [3.05, 3.63) is 10.3 Å². The van der Waals surface area contributed by atoms with Gasteiger partial charge in [-0.05, 0) is 35.2 Å². The summed E-state index contributed by atoms with van der Waals surface area (Å²) in [7, 11) is 1.85. The minimum absolute atomic E-state index is 0.216. The van der Waals surface area contributed by atoms with Gasteiger partial charge in [0, 0.05) is 7.05 Å². The van der Waals surface area contributed by atoms with E-state index in [0.717, 1.165) is 16.7 Å².